The minimum Gasteiger partial charge on any atom is -0.476 e. The third kappa shape index (κ3) is 1.85. The van der Waals surface area contributed by atoms with Crippen molar-refractivity contribution < 1.29 is 14.3 Å². The van der Waals surface area contributed by atoms with Gasteiger partial charge in [-0.2, -0.15) is 0 Å². The topological polar surface area (TPSA) is 68.3 Å². The quantitative estimate of drug-likeness (QED) is 0.901. The zero-order valence-electron chi connectivity index (χ0n) is 11.0. The maximum absolute atomic E-state index is 11.4. The Bertz CT molecular complexity index is 639. The fourth-order valence-electron chi connectivity index (χ4n) is 2.78. The number of imidazole rings is 1. The van der Waals surface area contributed by atoms with Crippen LogP contribution in [0.4, 0.5) is 0 Å². The molecule has 1 atom stereocenters. The van der Waals surface area contributed by atoms with Crippen LogP contribution in [0.2, 0.25) is 0 Å². The van der Waals surface area contributed by atoms with E-state index in [1.807, 2.05) is 23.6 Å². The van der Waals surface area contributed by atoms with Crippen LogP contribution >= 0.6 is 0 Å². The van der Waals surface area contributed by atoms with E-state index in [-0.39, 0.29) is 11.6 Å². The van der Waals surface area contributed by atoms with E-state index >= 15 is 0 Å². The van der Waals surface area contributed by atoms with Gasteiger partial charge in [0.25, 0.3) is 0 Å². The van der Waals surface area contributed by atoms with Crippen LogP contribution in [0.15, 0.2) is 16.5 Å². The number of carboxylic acid groups (broad SMARTS) is 1. The molecule has 2 aromatic rings. The fourth-order valence-corrected chi connectivity index (χ4v) is 2.78. The van der Waals surface area contributed by atoms with Crippen molar-refractivity contribution in [2.75, 3.05) is 0 Å². The van der Waals surface area contributed by atoms with Crippen molar-refractivity contribution in [2.24, 2.45) is 0 Å². The van der Waals surface area contributed by atoms with Crippen molar-refractivity contribution in [2.45, 2.75) is 39.2 Å². The first-order valence-electron chi connectivity index (χ1n) is 6.48. The Kier molecular flexibility index (Phi) is 2.69. The highest BCUT2D eigenvalue weighted by molar-refractivity contribution is 5.88. The summed E-state index contributed by atoms with van der Waals surface area (Å²) in [6, 6.07) is 3.71. The standard InChI is InChI=1S/C14H16N2O3/c1-8-4-3-7-16-12(8)11(14(17)18)15-13(16)10-6-5-9(2)19-10/h5-6,8H,3-4,7H2,1-2H3,(H,17,18). The van der Waals surface area contributed by atoms with Crippen LogP contribution in [-0.4, -0.2) is 20.6 Å². The van der Waals surface area contributed by atoms with Crippen LogP contribution in [0.5, 0.6) is 0 Å². The number of aromatic carboxylic acids is 1. The molecular weight excluding hydrogens is 244 g/mol. The molecule has 2 aromatic heterocycles. The van der Waals surface area contributed by atoms with Gasteiger partial charge in [0.1, 0.15) is 5.76 Å². The van der Waals surface area contributed by atoms with Crippen molar-refractivity contribution in [1.82, 2.24) is 9.55 Å². The molecule has 100 valence electrons. The van der Waals surface area contributed by atoms with Gasteiger partial charge in [-0.05, 0) is 37.8 Å². The summed E-state index contributed by atoms with van der Waals surface area (Å²) < 4.78 is 7.58. The second-order valence-electron chi connectivity index (χ2n) is 5.08. The SMILES string of the molecule is Cc1ccc(-c2nc(C(=O)O)c3n2CCCC3C)o1. The van der Waals surface area contributed by atoms with Gasteiger partial charge in [-0.25, -0.2) is 9.78 Å². The first-order chi connectivity index (χ1) is 9.08. The number of rotatable bonds is 2. The van der Waals surface area contributed by atoms with Crippen LogP contribution in [0.1, 0.15) is 47.6 Å². The maximum atomic E-state index is 11.4. The molecule has 5 nitrogen and oxygen atoms in total. The van der Waals surface area contributed by atoms with E-state index in [4.69, 9.17) is 4.42 Å². The number of fused-ring (bicyclic) bond motifs is 1. The van der Waals surface area contributed by atoms with E-state index in [0.717, 1.165) is 30.8 Å². The molecule has 3 rings (SSSR count). The van der Waals surface area contributed by atoms with Gasteiger partial charge in [0.05, 0.1) is 5.69 Å². The summed E-state index contributed by atoms with van der Waals surface area (Å²) in [5, 5.41) is 9.32. The molecular formula is C14H16N2O3. The number of nitrogens with zero attached hydrogens (tertiary/aromatic N) is 2. The lowest BCUT2D eigenvalue weighted by Crippen LogP contribution is -2.16. The van der Waals surface area contributed by atoms with Gasteiger partial charge in [-0.3, -0.25) is 0 Å². The molecule has 3 heterocycles. The molecule has 0 fully saturated rings. The van der Waals surface area contributed by atoms with Gasteiger partial charge >= 0.3 is 5.97 Å². The first kappa shape index (κ1) is 12.0. The summed E-state index contributed by atoms with van der Waals surface area (Å²) in [5.74, 6) is 1.32. The summed E-state index contributed by atoms with van der Waals surface area (Å²) >= 11 is 0. The summed E-state index contributed by atoms with van der Waals surface area (Å²) in [6.45, 7) is 4.72. The lowest BCUT2D eigenvalue weighted by Gasteiger charge is -2.22. The lowest BCUT2D eigenvalue weighted by atomic mass is 9.96. The highest BCUT2D eigenvalue weighted by Gasteiger charge is 2.29. The number of aryl methyl sites for hydroxylation is 1. The van der Waals surface area contributed by atoms with Gasteiger partial charge < -0.3 is 14.1 Å². The largest absolute Gasteiger partial charge is 0.476 e. The Morgan fingerprint density at radius 1 is 1.53 bits per heavy atom. The number of furan rings is 1. The second-order valence-corrected chi connectivity index (χ2v) is 5.08. The molecule has 0 aliphatic carbocycles. The number of aromatic nitrogens is 2. The predicted octanol–water partition coefficient (Wildman–Crippen LogP) is 3.05. The third-order valence-electron chi connectivity index (χ3n) is 3.66. The molecule has 0 saturated heterocycles. The van der Waals surface area contributed by atoms with Crippen LogP contribution in [0, 0.1) is 6.92 Å². The molecule has 1 unspecified atom stereocenters. The van der Waals surface area contributed by atoms with Crippen LogP contribution in [0.25, 0.3) is 11.6 Å². The van der Waals surface area contributed by atoms with Crippen molar-refractivity contribution >= 4 is 5.97 Å². The summed E-state index contributed by atoms with van der Waals surface area (Å²) in [7, 11) is 0. The summed E-state index contributed by atoms with van der Waals surface area (Å²) in [6.07, 6.45) is 2.04. The lowest BCUT2D eigenvalue weighted by molar-refractivity contribution is 0.0688. The van der Waals surface area contributed by atoms with Crippen LogP contribution in [-0.2, 0) is 6.54 Å². The van der Waals surface area contributed by atoms with Gasteiger partial charge in [0, 0.05) is 6.54 Å². The highest BCUT2D eigenvalue weighted by Crippen LogP contribution is 2.34. The zero-order valence-corrected chi connectivity index (χ0v) is 11.0. The Morgan fingerprint density at radius 3 is 2.95 bits per heavy atom. The number of carboxylic acids is 1. The minimum atomic E-state index is -0.966. The number of carbonyl (C=O) groups is 1. The Labute approximate surface area is 110 Å². The molecule has 0 saturated carbocycles. The highest BCUT2D eigenvalue weighted by atomic mass is 16.4. The van der Waals surface area contributed by atoms with Crippen molar-refractivity contribution in [1.29, 1.82) is 0 Å². The molecule has 1 N–H and O–H groups in total. The molecule has 0 bridgehead atoms. The van der Waals surface area contributed by atoms with Gasteiger partial charge in [0.2, 0.25) is 0 Å². The van der Waals surface area contributed by atoms with Crippen LogP contribution < -0.4 is 0 Å². The monoisotopic (exact) mass is 260 g/mol. The summed E-state index contributed by atoms with van der Waals surface area (Å²) in [5.41, 5.74) is 0.985. The predicted molar refractivity (Wildman–Crippen MR) is 69.3 cm³/mol. The smallest absolute Gasteiger partial charge is 0.356 e. The summed E-state index contributed by atoms with van der Waals surface area (Å²) in [4.78, 5) is 15.7. The molecule has 0 radical (unpaired) electrons. The van der Waals surface area contributed by atoms with Gasteiger partial charge in [0.15, 0.2) is 17.3 Å². The average Bonchev–Trinajstić information content (AvgIpc) is 2.93. The van der Waals surface area contributed by atoms with E-state index in [1.165, 1.54) is 0 Å². The number of hydrogen-bond donors (Lipinski definition) is 1. The fraction of sp³-hybridized carbons (Fsp3) is 0.429. The minimum absolute atomic E-state index is 0.163. The Hall–Kier alpha value is -2.04. The van der Waals surface area contributed by atoms with Crippen molar-refractivity contribution in [3.63, 3.8) is 0 Å². The molecule has 1 aliphatic rings. The van der Waals surface area contributed by atoms with Crippen LogP contribution in [0.3, 0.4) is 0 Å². The first-order valence-corrected chi connectivity index (χ1v) is 6.48. The second kappa shape index (κ2) is 4.26. The van der Waals surface area contributed by atoms with E-state index in [2.05, 4.69) is 11.9 Å². The van der Waals surface area contributed by atoms with E-state index in [0.29, 0.717) is 11.6 Å². The van der Waals surface area contributed by atoms with E-state index in [1.54, 1.807) is 0 Å². The normalized spacial score (nSPS) is 18.3. The van der Waals surface area contributed by atoms with Gasteiger partial charge in [-0.1, -0.05) is 6.92 Å². The zero-order chi connectivity index (χ0) is 13.6. The molecule has 1 aliphatic heterocycles. The molecule has 0 aromatic carbocycles. The number of hydrogen-bond acceptors (Lipinski definition) is 3. The van der Waals surface area contributed by atoms with Crippen molar-refractivity contribution in [3.05, 3.63) is 29.3 Å². The molecule has 0 spiro atoms. The maximum Gasteiger partial charge on any atom is 0.356 e. The van der Waals surface area contributed by atoms with E-state index in [9.17, 15) is 9.90 Å². The van der Waals surface area contributed by atoms with Gasteiger partial charge in [-0.15, -0.1) is 0 Å². The van der Waals surface area contributed by atoms with E-state index < -0.39 is 5.97 Å². The Balaban J connectivity index is 2.21. The molecule has 5 heteroatoms. The Morgan fingerprint density at radius 2 is 2.32 bits per heavy atom. The molecule has 19 heavy (non-hydrogen) atoms. The average molecular weight is 260 g/mol. The molecule has 0 amide bonds. The third-order valence-corrected chi connectivity index (χ3v) is 3.66. The van der Waals surface area contributed by atoms with Crippen molar-refractivity contribution in [3.8, 4) is 11.6 Å².